The van der Waals surface area contributed by atoms with Gasteiger partial charge in [0.1, 0.15) is 6.10 Å². The largest absolute Gasteiger partial charge is 0.380 e. The summed E-state index contributed by atoms with van der Waals surface area (Å²) in [6.07, 6.45) is -1.84. The molecule has 0 aliphatic rings. The minimum absolute atomic E-state index is 0.0515. The van der Waals surface area contributed by atoms with Crippen LogP contribution in [0.2, 0.25) is 0 Å². The van der Waals surface area contributed by atoms with E-state index in [1.807, 2.05) is 0 Å². The molecule has 2 N–H and O–H groups in total. The zero-order chi connectivity index (χ0) is 19.7. The van der Waals surface area contributed by atoms with E-state index in [2.05, 4.69) is 9.97 Å². The lowest BCUT2D eigenvalue weighted by atomic mass is 10.0. The number of carbonyl (C=O) groups is 1. The molecular formula is C16H10N4O7. The van der Waals surface area contributed by atoms with Crippen molar-refractivity contribution in [1.82, 2.24) is 9.97 Å². The Morgan fingerprint density at radius 3 is 2.41 bits per heavy atom. The van der Waals surface area contributed by atoms with Gasteiger partial charge in [0.15, 0.2) is 5.69 Å². The van der Waals surface area contributed by atoms with Crippen LogP contribution in [0.3, 0.4) is 0 Å². The van der Waals surface area contributed by atoms with E-state index in [4.69, 9.17) is 0 Å². The molecule has 3 aromatic rings. The molecule has 0 saturated heterocycles. The number of rotatable bonds is 5. The standard InChI is InChI=1S/C16H10N4O7/c21-14(8-2-1-3-9(6-8)19(24)25)15(22)13-16(23)18-12-7-10(20(26)27)4-5-11(12)17-13/h1-7,14,21H,(H,18,23). The molecule has 1 atom stereocenters. The Balaban J connectivity index is 2.02. The van der Waals surface area contributed by atoms with Gasteiger partial charge in [0.25, 0.3) is 16.9 Å². The van der Waals surface area contributed by atoms with Crippen LogP contribution in [-0.2, 0) is 0 Å². The number of non-ortho nitro benzene ring substituents is 2. The highest BCUT2D eigenvalue weighted by Crippen LogP contribution is 2.22. The van der Waals surface area contributed by atoms with Gasteiger partial charge in [0, 0.05) is 24.3 Å². The van der Waals surface area contributed by atoms with Gasteiger partial charge in [-0.3, -0.25) is 29.8 Å². The minimum Gasteiger partial charge on any atom is -0.380 e. The Morgan fingerprint density at radius 1 is 1.07 bits per heavy atom. The van der Waals surface area contributed by atoms with E-state index in [-0.39, 0.29) is 28.0 Å². The number of hydrogen-bond acceptors (Lipinski definition) is 8. The van der Waals surface area contributed by atoms with Crippen molar-refractivity contribution in [2.24, 2.45) is 0 Å². The van der Waals surface area contributed by atoms with Crippen LogP contribution in [0.5, 0.6) is 0 Å². The first-order valence-electron chi connectivity index (χ1n) is 7.43. The Morgan fingerprint density at radius 2 is 1.74 bits per heavy atom. The highest BCUT2D eigenvalue weighted by molar-refractivity contribution is 5.99. The molecule has 11 heteroatoms. The number of nitro benzene ring substituents is 2. The van der Waals surface area contributed by atoms with Gasteiger partial charge in [-0.1, -0.05) is 12.1 Å². The molecule has 0 saturated carbocycles. The number of carbonyl (C=O) groups excluding carboxylic acids is 1. The molecule has 27 heavy (non-hydrogen) atoms. The van der Waals surface area contributed by atoms with Crippen molar-refractivity contribution in [3.05, 3.63) is 84.3 Å². The van der Waals surface area contributed by atoms with Crippen LogP contribution in [0.25, 0.3) is 11.0 Å². The molecule has 0 aliphatic carbocycles. The van der Waals surface area contributed by atoms with E-state index >= 15 is 0 Å². The topological polar surface area (TPSA) is 169 Å². The Bertz CT molecular complexity index is 1150. The summed E-state index contributed by atoms with van der Waals surface area (Å²) in [6.45, 7) is 0. The van der Waals surface area contributed by atoms with Crippen LogP contribution in [-0.4, -0.2) is 30.7 Å². The van der Waals surface area contributed by atoms with Gasteiger partial charge >= 0.3 is 0 Å². The summed E-state index contributed by atoms with van der Waals surface area (Å²) in [7, 11) is 0. The maximum absolute atomic E-state index is 12.5. The van der Waals surface area contributed by atoms with Gasteiger partial charge in [-0.2, -0.15) is 0 Å². The third kappa shape index (κ3) is 3.39. The number of hydrogen-bond donors (Lipinski definition) is 2. The maximum atomic E-state index is 12.5. The van der Waals surface area contributed by atoms with Crippen molar-refractivity contribution in [3.63, 3.8) is 0 Å². The highest BCUT2D eigenvalue weighted by Gasteiger charge is 2.25. The molecule has 1 aromatic heterocycles. The van der Waals surface area contributed by atoms with Crippen molar-refractivity contribution >= 4 is 28.2 Å². The van der Waals surface area contributed by atoms with Crippen LogP contribution in [0.15, 0.2) is 47.3 Å². The van der Waals surface area contributed by atoms with E-state index in [1.165, 1.54) is 24.3 Å². The highest BCUT2D eigenvalue weighted by atomic mass is 16.6. The Labute approximate surface area is 149 Å². The molecule has 11 nitrogen and oxygen atoms in total. The fraction of sp³-hybridized carbons (Fsp3) is 0.0625. The molecule has 0 spiro atoms. The number of nitrogens with zero attached hydrogens (tertiary/aromatic N) is 3. The van der Waals surface area contributed by atoms with Gasteiger partial charge in [0.05, 0.1) is 20.9 Å². The number of ketones is 1. The van der Waals surface area contributed by atoms with E-state index in [9.17, 15) is 34.9 Å². The average molecular weight is 370 g/mol. The Hall–Kier alpha value is -3.99. The second kappa shape index (κ2) is 6.72. The van der Waals surface area contributed by atoms with Gasteiger partial charge < -0.3 is 10.1 Å². The average Bonchev–Trinajstić information content (AvgIpc) is 2.65. The van der Waals surface area contributed by atoms with Crippen molar-refractivity contribution in [3.8, 4) is 0 Å². The van der Waals surface area contributed by atoms with E-state index in [0.29, 0.717) is 0 Å². The predicted molar refractivity (Wildman–Crippen MR) is 91.4 cm³/mol. The lowest BCUT2D eigenvalue weighted by Gasteiger charge is -2.09. The number of benzene rings is 2. The first-order chi connectivity index (χ1) is 12.8. The number of nitrogens with one attached hydrogen (secondary N) is 1. The predicted octanol–water partition coefficient (Wildman–Crippen LogP) is 1.66. The van der Waals surface area contributed by atoms with E-state index < -0.39 is 33.0 Å². The molecule has 1 heterocycles. The third-order valence-electron chi connectivity index (χ3n) is 3.76. The lowest BCUT2D eigenvalue weighted by molar-refractivity contribution is -0.385. The second-order valence-corrected chi connectivity index (χ2v) is 5.49. The van der Waals surface area contributed by atoms with Crippen molar-refractivity contribution < 1.29 is 19.7 Å². The zero-order valence-electron chi connectivity index (χ0n) is 13.4. The number of fused-ring (bicyclic) bond motifs is 1. The number of aromatic nitrogens is 2. The molecule has 0 radical (unpaired) electrons. The normalized spacial score (nSPS) is 11.9. The van der Waals surface area contributed by atoms with Crippen LogP contribution in [0, 0.1) is 20.2 Å². The fourth-order valence-corrected chi connectivity index (χ4v) is 2.44. The van der Waals surface area contributed by atoms with Crippen LogP contribution < -0.4 is 5.56 Å². The van der Waals surface area contributed by atoms with E-state index in [0.717, 1.165) is 18.2 Å². The zero-order valence-corrected chi connectivity index (χ0v) is 13.4. The lowest BCUT2D eigenvalue weighted by Crippen LogP contribution is -2.24. The summed E-state index contributed by atoms with van der Waals surface area (Å²) in [6, 6.07) is 8.29. The second-order valence-electron chi connectivity index (χ2n) is 5.49. The van der Waals surface area contributed by atoms with Crippen LogP contribution in [0.1, 0.15) is 22.2 Å². The number of aliphatic hydroxyl groups is 1. The smallest absolute Gasteiger partial charge is 0.278 e. The fourth-order valence-electron chi connectivity index (χ4n) is 2.44. The molecular weight excluding hydrogens is 360 g/mol. The summed E-state index contributed by atoms with van der Waals surface area (Å²) in [5.74, 6) is -1.06. The quantitative estimate of drug-likeness (QED) is 0.388. The van der Waals surface area contributed by atoms with Crippen LogP contribution >= 0.6 is 0 Å². The van der Waals surface area contributed by atoms with Crippen LogP contribution in [0.4, 0.5) is 11.4 Å². The van der Waals surface area contributed by atoms with E-state index in [1.54, 1.807) is 0 Å². The summed E-state index contributed by atoms with van der Waals surface area (Å²) >= 11 is 0. The summed E-state index contributed by atoms with van der Waals surface area (Å²) in [5, 5.41) is 31.8. The number of H-pyrrole nitrogens is 1. The number of Topliss-reactive ketones (excluding diaryl/α,β-unsaturated/α-hetero) is 1. The van der Waals surface area contributed by atoms with Crippen molar-refractivity contribution in [2.45, 2.75) is 6.10 Å². The monoisotopic (exact) mass is 370 g/mol. The first-order valence-corrected chi connectivity index (χ1v) is 7.43. The molecule has 0 bridgehead atoms. The summed E-state index contributed by atoms with van der Waals surface area (Å²) in [5.41, 5.74) is -2.07. The molecule has 2 aromatic carbocycles. The number of aliphatic hydroxyl groups excluding tert-OH is 1. The summed E-state index contributed by atoms with van der Waals surface area (Å²) < 4.78 is 0. The minimum atomic E-state index is -1.84. The summed E-state index contributed by atoms with van der Waals surface area (Å²) in [4.78, 5) is 51.0. The molecule has 3 rings (SSSR count). The number of aromatic amines is 1. The molecule has 0 aliphatic heterocycles. The van der Waals surface area contributed by atoms with Crippen molar-refractivity contribution in [2.75, 3.05) is 0 Å². The SMILES string of the molecule is O=C(c1nc2ccc([N+](=O)[O-])cc2[nH]c1=O)C(O)c1cccc([N+](=O)[O-])c1. The molecule has 0 amide bonds. The molecule has 0 fully saturated rings. The number of nitro groups is 2. The maximum Gasteiger partial charge on any atom is 0.278 e. The van der Waals surface area contributed by atoms with Gasteiger partial charge in [-0.25, -0.2) is 4.98 Å². The first kappa shape index (κ1) is 17.8. The van der Waals surface area contributed by atoms with Gasteiger partial charge in [-0.15, -0.1) is 0 Å². The molecule has 136 valence electrons. The van der Waals surface area contributed by atoms with Gasteiger partial charge in [0.2, 0.25) is 5.78 Å². The van der Waals surface area contributed by atoms with Gasteiger partial charge in [-0.05, 0) is 11.6 Å². The van der Waals surface area contributed by atoms with Crippen molar-refractivity contribution in [1.29, 1.82) is 0 Å². The molecule has 1 unspecified atom stereocenters. The third-order valence-corrected chi connectivity index (χ3v) is 3.76. The Kier molecular flexibility index (Phi) is 4.44.